The second kappa shape index (κ2) is 10.4. The van der Waals surface area contributed by atoms with Gasteiger partial charge in [0.25, 0.3) is 0 Å². The number of ether oxygens (including phenoxy) is 3. The standard InChI is InChI=1S/C19H26N4O4S/c1-23(2)17(24)12-21-19(20-11-14-7-6-8-28-14)22-13-9-15(25-3)18(27-5)16(10-13)26-4/h6-10H,11-12H2,1-5H3,(H2,20,21,22). The number of thiophene rings is 1. The molecule has 0 saturated carbocycles. The molecule has 8 nitrogen and oxygen atoms in total. The van der Waals surface area contributed by atoms with E-state index in [0.717, 1.165) is 4.88 Å². The zero-order chi connectivity index (χ0) is 20.5. The van der Waals surface area contributed by atoms with Crippen LogP contribution in [0, 0.1) is 0 Å². The summed E-state index contributed by atoms with van der Waals surface area (Å²) in [6.45, 7) is 0.612. The highest BCUT2D eigenvalue weighted by Gasteiger charge is 2.14. The quantitative estimate of drug-likeness (QED) is 0.517. The van der Waals surface area contributed by atoms with E-state index < -0.39 is 0 Å². The van der Waals surface area contributed by atoms with Gasteiger partial charge < -0.3 is 29.7 Å². The third kappa shape index (κ3) is 5.78. The largest absolute Gasteiger partial charge is 0.493 e. The van der Waals surface area contributed by atoms with Crippen LogP contribution in [0.4, 0.5) is 5.69 Å². The second-order valence-corrected chi connectivity index (χ2v) is 6.96. The summed E-state index contributed by atoms with van der Waals surface area (Å²) in [6.07, 6.45) is 0. The van der Waals surface area contributed by atoms with Gasteiger partial charge in [0.1, 0.15) is 6.54 Å². The summed E-state index contributed by atoms with van der Waals surface area (Å²) < 4.78 is 16.1. The van der Waals surface area contributed by atoms with E-state index in [1.165, 1.54) is 4.90 Å². The van der Waals surface area contributed by atoms with Crippen molar-refractivity contribution in [3.8, 4) is 17.2 Å². The van der Waals surface area contributed by atoms with Crippen LogP contribution >= 0.6 is 11.3 Å². The highest BCUT2D eigenvalue weighted by molar-refractivity contribution is 7.09. The molecule has 0 aliphatic carbocycles. The van der Waals surface area contributed by atoms with E-state index in [9.17, 15) is 4.79 Å². The highest BCUT2D eigenvalue weighted by atomic mass is 32.1. The third-order valence-electron chi connectivity index (χ3n) is 3.81. The summed E-state index contributed by atoms with van der Waals surface area (Å²) >= 11 is 1.64. The van der Waals surface area contributed by atoms with Crippen LogP contribution in [0.5, 0.6) is 17.2 Å². The van der Waals surface area contributed by atoms with Crippen molar-refractivity contribution in [2.24, 2.45) is 4.99 Å². The first-order chi connectivity index (χ1) is 13.5. The summed E-state index contributed by atoms with van der Waals surface area (Å²) in [4.78, 5) is 19.0. The van der Waals surface area contributed by atoms with E-state index in [-0.39, 0.29) is 12.5 Å². The molecule has 9 heteroatoms. The maximum absolute atomic E-state index is 11.9. The molecule has 0 unspecified atom stereocenters. The predicted octanol–water partition coefficient (Wildman–Crippen LogP) is 2.42. The number of hydrogen-bond acceptors (Lipinski definition) is 6. The summed E-state index contributed by atoms with van der Waals surface area (Å²) in [6, 6.07) is 7.56. The monoisotopic (exact) mass is 406 g/mol. The smallest absolute Gasteiger partial charge is 0.243 e. The molecule has 1 heterocycles. The van der Waals surface area contributed by atoms with E-state index in [0.29, 0.717) is 35.4 Å². The lowest BCUT2D eigenvalue weighted by atomic mass is 10.2. The summed E-state index contributed by atoms with van der Waals surface area (Å²) in [5.41, 5.74) is 0.684. The fraction of sp³-hybridized carbons (Fsp3) is 0.368. The maximum atomic E-state index is 11.9. The van der Waals surface area contributed by atoms with Crippen LogP contribution in [0.2, 0.25) is 0 Å². The Morgan fingerprint density at radius 2 is 1.82 bits per heavy atom. The maximum Gasteiger partial charge on any atom is 0.243 e. The minimum absolute atomic E-state index is 0.0250. The van der Waals surface area contributed by atoms with E-state index in [4.69, 9.17) is 14.2 Å². The zero-order valence-corrected chi connectivity index (χ0v) is 17.6. The number of benzene rings is 1. The van der Waals surface area contributed by atoms with E-state index >= 15 is 0 Å². The number of amides is 1. The molecule has 0 fully saturated rings. The number of hydrogen-bond donors (Lipinski definition) is 2. The van der Waals surface area contributed by atoms with Gasteiger partial charge in [-0.05, 0) is 11.4 Å². The lowest BCUT2D eigenvalue weighted by Gasteiger charge is -2.17. The van der Waals surface area contributed by atoms with Gasteiger partial charge in [0.15, 0.2) is 17.5 Å². The van der Waals surface area contributed by atoms with Crippen LogP contribution in [0.15, 0.2) is 34.6 Å². The normalized spacial score (nSPS) is 11.0. The average molecular weight is 407 g/mol. The van der Waals surface area contributed by atoms with Gasteiger partial charge in [0.2, 0.25) is 11.7 Å². The molecule has 1 amide bonds. The SMILES string of the molecule is COc1cc(NC(=NCC(=O)N(C)C)NCc2cccs2)cc(OC)c1OC. The van der Waals surface area contributed by atoms with Gasteiger partial charge in [-0.1, -0.05) is 6.07 Å². The lowest BCUT2D eigenvalue weighted by molar-refractivity contribution is -0.127. The molecule has 2 rings (SSSR count). The number of methoxy groups -OCH3 is 3. The van der Waals surface area contributed by atoms with Crippen molar-refractivity contribution in [3.63, 3.8) is 0 Å². The van der Waals surface area contributed by atoms with Crippen LogP contribution in [0.3, 0.4) is 0 Å². The number of aliphatic imine (C=N–C) groups is 1. The molecule has 0 radical (unpaired) electrons. The Morgan fingerprint density at radius 3 is 2.32 bits per heavy atom. The Labute approximate surface area is 169 Å². The van der Waals surface area contributed by atoms with Gasteiger partial charge in [-0.2, -0.15) is 0 Å². The first-order valence-electron chi connectivity index (χ1n) is 8.56. The lowest BCUT2D eigenvalue weighted by Crippen LogP contribution is -2.32. The van der Waals surface area contributed by atoms with Crippen LogP contribution in [-0.2, 0) is 11.3 Å². The van der Waals surface area contributed by atoms with Crippen molar-refractivity contribution in [1.29, 1.82) is 0 Å². The fourth-order valence-electron chi connectivity index (χ4n) is 2.30. The van der Waals surface area contributed by atoms with Crippen LogP contribution in [-0.4, -0.2) is 58.7 Å². The van der Waals surface area contributed by atoms with Gasteiger partial charge in [-0.15, -0.1) is 11.3 Å². The number of likely N-dealkylation sites (N-methyl/N-ethyl adjacent to an activating group) is 1. The number of nitrogens with one attached hydrogen (secondary N) is 2. The molecule has 28 heavy (non-hydrogen) atoms. The number of guanidine groups is 1. The Bertz CT molecular complexity index is 781. The van der Waals surface area contributed by atoms with E-state index in [1.54, 1.807) is 58.9 Å². The molecule has 2 aromatic rings. The molecule has 0 atom stereocenters. The van der Waals surface area contributed by atoms with E-state index in [2.05, 4.69) is 15.6 Å². The van der Waals surface area contributed by atoms with Crippen molar-refractivity contribution >= 4 is 28.9 Å². The number of carbonyl (C=O) groups excluding carboxylic acids is 1. The first kappa shape index (κ1) is 21.4. The molecular formula is C19H26N4O4S. The average Bonchev–Trinajstić information content (AvgIpc) is 3.22. The highest BCUT2D eigenvalue weighted by Crippen LogP contribution is 2.39. The number of nitrogens with zero attached hydrogens (tertiary/aromatic N) is 2. The Hall–Kier alpha value is -2.94. The van der Waals surface area contributed by atoms with Gasteiger partial charge in [-0.25, -0.2) is 4.99 Å². The van der Waals surface area contributed by atoms with Crippen molar-refractivity contribution in [3.05, 3.63) is 34.5 Å². The Balaban J connectivity index is 2.24. The zero-order valence-electron chi connectivity index (χ0n) is 16.7. The van der Waals surface area contributed by atoms with Crippen molar-refractivity contribution < 1.29 is 19.0 Å². The molecular weight excluding hydrogens is 380 g/mol. The van der Waals surface area contributed by atoms with Gasteiger partial charge in [0, 0.05) is 36.8 Å². The Morgan fingerprint density at radius 1 is 1.14 bits per heavy atom. The molecule has 0 aliphatic heterocycles. The minimum atomic E-state index is -0.0953. The van der Waals surface area contributed by atoms with Crippen LogP contribution in [0.25, 0.3) is 0 Å². The van der Waals surface area contributed by atoms with Crippen molar-refractivity contribution in [2.45, 2.75) is 6.54 Å². The third-order valence-corrected chi connectivity index (χ3v) is 4.69. The van der Waals surface area contributed by atoms with Crippen LogP contribution < -0.4 is 24.8 Å². The van der Waals surface area contributed by atoms with Crippen LogP contribution in [0.1, 0.15) is 4.88 Å². The van der Waals surface area contributed by atoms with Gasteiger partial charge in [-0.3, -0.25) is 4.79 Å². The van der Waals surface area contributed by atoms with Crippen molar-refractivity contribution in [2.75, 3.05) is 47.3 Å². The molecule has 0 spiro atoms. The van der Waals surface area contributed by atoms with Gasteiger partial charge >= 0.3 is 0 Å². The predicted molar refractivity (Wildman–Crippen MR) is 112 cm³/mol. The Kier molecular flexibility index (Phi) is 7.94. The fourth-order valence-corrected chi connectivity index (χ4v) is 2.95. The van der Waals surface area contributed by atoms with Crippen molar-refractivity contribution in [1.82, 2.24) is 10.2 Å². The molecule has 0 bridgehead atoms. The first-order valence-corrected chi connectivity index (χ1v) is 9.44. The number of anilines is 1. The molecule has 1 aromatic carbocycles. The molecule has 0 aliphatic rings. The summed E-state index contributed by atoms with van der Waals surface area (Å²) in [5, 5.41) is 8.44. The molecule has 2 N–H and O–H groups in total. The number of rotatable bonds is 8. The number of carbonyl (C=O) groups is 1. The second-order valence-electron chi connectivity index (χ2n) is 5.92. The minimum Gasteiger partial charge on any atom is -0.493 e. The summed E-state index contributed by atoms with van der Waals surface area (Å²) in [7, 11) is 8.06. The summed E-state index contributed by atoms with van der Waals surface area (Å²) in [5.74, 6) is 1.92. The van der Waals surface area contributed by atoms with Gasteiger partial charge in [0.05, 0.1) is 27.9 Å². The molecule has 0 saturated heterocycles. The molecule has 152 valence electrons. The topological polar surface area (TPSA) is 84.4 Å². The van der Waals surface area contributed by atoms with E-state index in [1.807, 2.05) is 17.5 Å². The molecule has 1 aromatic heterocycles.